The number of nitrogens with zero attached hydrogens (tertiary/aromatic N) is 3. The lowest BCUT2D eigenvalue weighted by molar-refractivity contribution is -0.150. The second-order valence-electron chi connectivity index (χ2n) is 5.45. The van der Waals surface area contributed by atoms with Crippen molar-refractivity contribution in [2.45, 2.75) is 26.7 Å². The maximum Gasteiger partial charge on any atom is 0.309 e. The fraction of sp³-hybridized carbons (Fsp3) is 0.615. The number of piperidine rings is 1. The number of carboxylic acids is 1. The van der Waals surface area contributed by atoms with Crippen LogP contribution < -0.4 is 0 Å². The average molecular weight is 265 g/mol. The Balaban J connectivity index is 2.08. The van der Waals surface area contributed by atoms with Crippen LogP contribution in [-0.2, 0) is 11.8 Å². The third kappa shape index (κ3) is 2.47. The van der Waals surface area contributed by atoms with Crippen LogP contribution in [0.5, 0.6) is 0 Å². The van der Waals surface area contributed by atoms with Crippen LogP contribution in [0.2, 0.25) is 0 Å². The zero-order valence-corrected chi connectivity index (χ0v) is 11.5. The van der Waals surface area contributed by atoms with Crippen LogP contribution in [0.25, 0.3) is 0 Å². The molecule has 2 rings (SSSR count). The number of likely N-dealkylation sites (tertiary alicyclic amines) is 1. The Morgan fingerprint density at radius 3 is 2.37 bits per heavy atom. The molecule has 0 bridgehead atoms. The Morgan fingerprint density at radius 1 is 1.37 bits per heavy atom. The highest BCUT2D eigenvalue weighted by Gasteiger charge is 2.38. The molecule has 6 heteroatoms. The summed E-state index contributed by atoms with van der Waals surface area (Å²) in [4.78, 5) is 25.2. The van der Waals surface area contributed by atoms with E-state index >= 15 is 0 Å². The van der Waals surface area contributed by atoms with Crippen LogP contribution in [0.15, 0.2) is 6.07 Å². The Labute approximate surface area is 112 Å². The zero-order chi connectivity index (χ0) is 14.2. The molecule has 1 saturated heterocycles. The first-order valence-corrected chi connectivity index (χ1v) is 6.37. The van der Waals surface area contributed by atoms with Crippen LogP contribution in [-0.4, -0.2) is 44.8 Å². The molecule has 19 heavy (non-hydrogen) atoms. The average Bonchev–Trinajstić information content (AvgIpc) is 2.68. The summed E-state index contributed by atoms with van der Waals surface area (Å²) in [5.74, 6) is -0.855. The molecule has 1 aromatic rings. The van der Waals surface area contributed by atoms with Gasteiger partial charge in [-0.2, -0.15) is 5.10 Å². The molecule has 0 spiro atoms. The van der Waals surface area contributed by atoms with Crippen molar-refractivity contribution >= 4 is 11.9 Å². The number of carbonyl (C=O) groups is 2. The highest BCUT2D eigenvalue weighted by Crippen LogP contribution is 2.31. The third-order valence-corrected chi connectivity index (χ3v) is 3.89. The maximum atomic E-state index is 12.3. The fourth-order valence-electron chi connectivity index (χ4n) is 2.39. The summed E-state index contributed by atoms with van der Waals surface area (Å²) in [5, 5.41) is 13.3. The van der Waals surface area contributed by atoms with Gasteiger partial charge < -0.3 is 10.0 Å². The molecule has 0 saturated carbocycles. The van der Waals surface area contributed by atoms with Gasteiger partial charge >= 0.3 is 5.97 Å². The van der Waals surface area contributed by atoms with Gasteiger partial charge in [-0.15, -0.1) is 0 Å². The van der Waals surface area contributed by atoms with E-state index in [1.807, 2.05) is 6.92 Å². The Bertz CT molecular complexity index is 513. The number of aliphatic carboxylic acids is 1. The number of rotatable bonds is 2. The summed E-state index contributed by atoms with van der Waals surface area (Å²) in [5.41, 5.74) is 0.647. The topological polar surface area (TPSA) is 75.4 Å². The first kappa shape index (κ1) is 13.6. The standard InChI is InChI=1S/C13H19N3O3/c1-9-8-10(15(3)14-9)11(17)16-6-4-13(2,5-7-16)12(18)19/h8H,4-7H2,1-3H3,(H,18,19). The van der Waals surface area contributed by atoms with Crippen molar-refractivity contribution in [3.63, 3.8) is 0 Å². The van der Waals surface area contributed by atoms with E-state index < -0.39 is 11.4 Å². The van der Waals surface area contributed by atoms with E-state index in [4.69, 9.17) is 5.11 Å². The molecule has 0 atom stereocenters. The first-order chi connectivity index (χ1) is 8.83. The maximum absolute atomic E-state index is 12.3. The summed E-state index contributed by atoms with van der Waals surface area (Å²) < 4.78 is 1.57. The molecule has 0 aliphatic carbocycles. The molecule has 1 amide bonds. The predicted octanol–water partition coefficient (Wildman–Crippen LogP) is 1.06. The number of aromatic nitrogens is 2. The monoisotopic (exact) mass is 265 g/mol. The highest BCUT2D eigenvalue weighted by molar-refractivity contribution is 5.93. The predicted molar refractivity (Wildman–Crippen MR) is 68.8 cm³/mol. The molecule has 0 unspecified atom stereocenters. The van der Waals surface area contributed by atoms with E-state index in [-0.39, 0.29) is 5.91 Å². The van der Waals surface area contributed by atoms with Crippen molar-refractivity contribution in [3.8, 4) is 0 Å². The van der Waals surface area contributed by atoms with Crippen LogP contribution in [0.3, 0.4) is 0 Å². The SMILES string of the molecule is Cc1cc(C(=O)N2CCC(C)(C(=O)O)CC2)n(C)n1. The lowest BCUT2D eigenvalue weighted by atomic mass is 9.80. The van der Waals surface area contributed by atoms with Gasteiger partial charge in [0, 0.05) is 20.1 Å². The summed E-state index contributed by atoms with van der Waals surface area (Å²) in [6, 6.07) is 1.76. The Morgan fingerprint density at radius 2 is 1.95 bits per heavy atom. The van der Waals surface area contributed by atoms with Crippen molar-refractivity contribution in [1.29, 1.82) is 0 Å². The van der Waals surface area contributed by atoms with Crippen molar-refractivity contribution in [1.82, 2.24) is 14.7 Å². The lowest BCUT2D eigenvalue weighted by Gasteiger charge is -2.36. The van der Waals surface area contributed by atoms with Crippen molar-refractivity contribution in [3.05, 3.63) is 17.5 Å². The number of hydrogen-bond donors (Lipinski definition) is 1. The number of carboxylic acid groups (broad SMARTS) is 1. The molecule has 1 fully saturated rings. The van der Waals surface area contributed by atoms with Crippen LogP contribution in [0.1, 0.15) is 35.9 Å². The highest BCUT2D eigenvalue weighted by atomic mass is 16.4. The van der Waals surface area contributed by atoms with Gasteiger partial charge in [0.1, 0.15) is 5.69 Å². The lowest BCUT2D eigenvalue weighted by Crippen LogP contribution is -2.45. The smallest absolute Gasteiger partial charge is 0.309 e. The van der Waals surface area contributed by atoms with Crippen molar-refractivity contribution in [2.24, 2.45) is 12.5 Å². The van der Waals surface area contributed by atoms with Gasteiger partial charge in [-0.05, 0) is 32.8 Å². The molecule has 0 radical (unpaired) electrons. The van der Waals surface area contributed by atoms with Gasteiger partial charge in [0.05, 0.1) is 11.1 Å². The fourth-order valence-corrected chi connectivity index (χ4v) is 2.39. The van der Waals surface area contributed by atoms with Gasteiger partial charge in [-0.1, -0.05) is 0 Å². The Hall–Kier alpha value is -1.85. The molecule has 0 aromatic carbocycles. The minimum absolute atomic E-state index is 0.0736. The largest absolute Gasteiger partial charge is 0.481 e. The van der Waals surface area contributed by atoms with Gasteiger partial charge in [-0.25, -0.2) is 0 Å². The molecule has 104 valence electrons. The Kier molecular flexibility index (Phi) is 3.34. The van der Waals surface area contributed by atoms with Gasteiger partial charge in [0.2, 0.25) is 0 Å². The second kappa shape index (κ2) is 4.68. The summed E-state index contributed by atoms with van der Waals surface area (Å²) in [6.07, 6.45) is 0.982. The molecule has 1 aliphatic rings. The minimum atomic E-state index is -0.782. The normalized spacial score (nSPS) is 18.4. The second-order valence-corrected chi connectivity index (χ2v) is 5.45. The molecule has 1 aliphatic heterocycles. The van der Waals surface area contributed by atoms with E-state index in [1.54, 1.807) is 29.6 Å². The van der Waals surface area contributed by atoms with E-state index in [9.17, 15) is 9.59 Å². The van der Waals surface area contributed by atoms with Gasteiger partial charge in [0.25, 0.3) is 5.91 Å². The molecule has 1 N–H and O–H groups in total. The van der Waals surface area contributed by atoms with E-state index in [0.717, 1.165) is 5.69 Å². The van der Waals surface area contributed by atoms with Crippen LogP contribution >= 0.6 is 0 Å². The summed E-state index contributed by atoms with van der Waals surface area (Å²) in [7, 11) is 1.74. The number of amides is 1. The van der Waals surface area contributed by atoms with Gasteiger partial charge in [0.15, 0.2) is 0 Å². The van der Waals surface area contributed by atoms with Gasteiger partial charge in [-0.3, -0.25) is 14.3 Å². The molecule has 2 heterocycles. The van der Waals surface area contributed by atoms with Crippen LogP contribution in [0.4, 0.5) is 0 Å². The zero-order valence-electron chi connectivity index (χ0n) is 11.5. The third-order valence-electron chi connectivity index (χ3n) is 3.89. The number of carbonyl (C=O) groups excluding carboxylic acids is 1. The first-order valence-electron chi connectivity index (χ1n) is 6.37. The van der Waals surface area contributed by atoms with Crippen LogP contribution in [0, 0.1) is 12.3 Å². The van der Waals surface area contributed by atoms with Crippen molar-refractivity contribution in [2.75, 3.05) is 13.1 Å². The van der Waals surface area contributed by atoms with E-state index in [2.05, 4.69) is 5.10 Å². The summed E-state index contributed by atoms with van der Waals surface area (Å²) >= 11 is 0. The van der Waals surface area contributed by atoms with E-state index in [1.165, 1.54) is 0 Å². The van der Waals surface area contributed by atoms with Crippen molar-refractivity contribution < 1.29 is 14.7 Å². The molecule has 1 aromatic heterocycles. The number of hydrogen-bond acceptors (Lipinski definition) is 3. The van der Waals surface area contributed by atoms with E-state index in [0.29, 0.717) is 31.6 Å². The summed E-state index contributed by atoms with van der Waals surface area (Å²) in [6.45, 7) is 4.54. The molecule has 6 nitrogen and oxygen atoms in total. The minimum Gasteiger partial charge on any atom is -0.481 e. The quantitative estimate of drug-likeness (QED) is 0.867. The number of aryl methyl sites for hydroxylation is 2. The molecular formula is C13H19N3O3. The molecular weight excluding hydrogens is 246 g/mol.